The number of aromatic nitrogens is 4. The Morgan fingerprint density at radius 1 is 1.20 bits per heavy atom. The van der Waals surface area contributed by atoms with Crippen LogP contribution >= 0.6 is 0 Å². The predicted octanol–water partition coefficient (Wildman–Crippen LogP) is 2.70. The quantitative estimate of drug-likeness (QED) is 0.571. The molecule has 158 valence electrons. The molecule has 0 spiro atoms. The van der Waals surface area contributed by atoms with Gasteiger partial charge in [-0.25, -0.2) is 22.9 Å². The first-order chi connectivity index (χ1) is 14.1. The zero-order chi connectivity index (χ0) is 21.9. The standard InChI is InChI=1S/C18H19FN6O4S/c1-11(12-7-5-4-6-8-12)29-18(26)21-17-15(22-24-25(17)2)13-9-10-14(16(19)20-13)23-30(3,27)28/h4-11,23H,1-3H3,(H,21,26)/t11-/m1/s1. The molecule has 0 aliphatic carbocycles. The van der Waals surface area contributed by atoms with E-state index >= 15 is 0 Å². The lowest BCUT2D eigenvalue weighted by atomic mass is 10.1. The Morgan fingerprint density at radius 2 is 1.90 bits per heavy atom. The van der Waals surface area contributed by atoms with Crippen molar-refractivity contribution in [3.63, 3.8) is 0 Å². The van der Waals surface area contributed by atoms with Crippen molar-refractivity contribution < 1.29 is 22.3 Å². The number of amides is 1. The Bertz CT molecular complexity index is 1170. The molecule has 0 aliphatic rings. The second kappa shape index (κ2) is 8.45. The van der Waals surface area contributed by atoms with Crippen LogP contribution in [0.4, 0.5) is 20.7 Å². The summed E-state index contributed by atoms with van der Waals surface area (Å²) in [5.41, 5.74) is 0.641. The second-order valence-corrected chi connectivity index (χ2v) is 8.15. The number of hydrogen-bond donors (Lipinski definition) is 2. The maximum atomic E-state index is 14.2. The summed E-state index contributed by atoms with van der Waals surface area (Å²) in [5.74, 6) is -0.911. The number of ether oxygens (including phenoxy) is 1. The lowest BCUT2D eigenvalue weighted by Crippen LogP contribution is -2.18. The van der Waals surface area contributed by atoms with E-state index in [0.717, 1.165) is 11.8 Å². The van der Waals surface area contributed by atoms with Gasteiger partial charge in [0.2, 0.25) is 16.0 Å². The highest BCUT2D eigenvalue weighted by Crippen LogP contribution is 2.26. The molecule has 0 saturated heterocycles. The SMILES string of the molecule is C[C@@H](OC(=O)Nc1c(-c2ccc(NS(C)(=O)=O)c(F)n2)nnn1C)c1ccccc1. The van der Waals surface area contributed by atoms with E-state index in [1.807, 2.05) is 35.1 Å². The third-order valence-electron chi connectivity index (χ3n) is 3.99. The van der Waals surface area contributed by atoms with Gasteiger partial charge < -0.3 is 4.74 Å². The minimum Gasteiger partial charge on any atom is -0.441 e. The largest absolute Gasteiger partial charge is 0.441 e. The van der Waals surface area contributed by atoms with Crippen LogP contribution < -0.4 is 10.0 Å². The molecule has 1 amide bonds. The van der Waals surface area contributed by atoms with Crippen LogP contribution in [0, 0.1) is 5.95 Å². The van der Waals surface area contributed by atoms with Crippen molar-refractivity contribution >= 4 is 27.6 Å². The van der Waals surface area contributed by atoms with E-state index in [9.17, 15) is 17.6 Å². The van der Waals surface area contributed by atoms with Gasteiger partial charge in [0.15, 0.2) is 11.5 Å². The molecule has 0 aliphatic heterocycles. The molecule has 0 saturated carbocycles. The fourth-order valence-electron chi connectivity index (χ4n) is 2.59. The molecule has 2 N–H and O–H groups in total. The number of hydrogen-bond acceptors (Lipinski definition) is 7. The smallest absolute Gasteiger partial charge is 0.413 e. The minimum atomic E-state index is -3.67. The molecule has 2 heterocycles. The zero-order valence-corrected chi connectivity index (χ0v) is 17.1. The molecule has 0 fully saturated rings. The summed E-state index contributed by atoms with van der Waals surface area (Å²) in [5, 5.41) is 10.2. The van der Waals surface area contributed by atoms with Crippen LogP contribution in [-0.2, 0) is 21.8 Å². The first kappa shape index (κ1) is 21.2. The summed E-state index contributed by atoms with van der Waals surface area (Å²) in [4.78, 5) is 16.1. The number of carbonyl (C=O) groups is 1. The number of carbonyl (C=O) groups excluding carboxylic acids is 1. The zero-order valence-electron chi connectivity index (χ0n) is 16.3. The van der Waals surface area contributed by atoms with Crippen molar-refractivity contribution in [1.82, 2.24) is 20.0 Å². The van der Waals surface area contributed by atoms with Gasteiger partial charge in [-0.15, -0.1) is 5.10 Å². The van der Waals surface area contributed by atoms with Gasteiger partial charge in [-0.05, 0) is 24.6 Å². The number of benzene rings is 1. The van der Waals surface area contributed by atoms with Gasteiger partial charge in [0.05, 0.1) is 11.9 Å². The molecule has 3 aromatic rings. The monoisotopic (exact) mass is 434 g/mol. The van der Waals surface area contributed by atoms with Crippen molar-refractivity contribution in [3.8, 4) is 11.4 Å². The van der Waals surface area contributed by atoms with Crippen molar-refractivity contribution in [2.24, 2.45) is 7.05 Å². The minimum absolute atomic E-state index is 0.0473. The number of pyridine rings is 1. The van der Waals surface area contributed by atoms with Crippen LogP contribution in [0.3, 0.4) is 0 Å². The van der Waals surface area contributed by atoms with Gasteiger partial charge in [0.1, 0.15) is 11.8 Å². The summed E-state index contributed by atoms with van der Waals surface area (Å²) in [6.07, 6.45) is -0.366. The summed E-state index contributed by atoms with van der Waals surface area (Å²) in [7, 11) is -2.14. The van der Waals surface area contributed by atoms with Crippen molar-refractivity contribution in [3.05, 3.63) is 54.0 Å². The normalized spacial score (nSPS) is 12.3. The molecule has 2 aromatic heterocycles. The van der Waals surface area contributed by atoms with E-state index in [1.165, 1.54) is 23.9 Å². The Kier molecular flexibility index (Phi) is 5.96. The fraction of sp³-hybridized carbons (Fsp3) is 0.222. The molecule has 10 nitrogen and oxygen atoms in total. The number of rotatable bonds is 6. The maximum Gasteiger partial charge on any atom is 0.413 e. The van der Waals surface area contributed by atoms with E-state index in [2.05, 4.69) is 20.6 Å². The molecule has 3 rings (SSSR count). The van der Waals surface area contributed by atoms with Crippen molar-refractivity contribution in [1.29, 1.82) is 0 Å². The molecular weight excluding hydrogens is 415 g/mol. The lowest BCUT2D eigenvalue weighted by Gasteiger charge is -2.14. The molecule has 0 unspecified atom stereocenters. The molecule has 0 bridgehead atoms. The average molecular weight is 434 g/mol. The highest BCUT2D eigenvalue weighted by atomic mass is 32.2. The molecule has 12 heteroatoms. The number of anilines is 2. The van der Waals surface area contributed by atoms with E-state index in [1.54, 1.807) is 6.92 Å². The maximum absolute atomic E-state index is 14.2. The van der Waals surface area contributed by atoms with Crippen LogP contribution in [0.2, 0.25) is 0 Å². The van der Waals surface area contributed by atoms with Crippen LogP contribution in [0.1, 0.15) is 18.6 Å². The van der Waals surface area contributed by atoms with Gasteiger partial charge in [-0.2, -0.15) is 4.39 Å². The van der Waals surface area contributed by atoms with Crippen LogP contribution in [0.15, 0.2) is 42.5 Å². The lowest BCUT2D eigenvalue weighted by molar-refractivity contribution is 0.121. The Labute approximate surface area is 172 Å². The van der Waals surface area contributed by atoms with Crippen LogP contribution in [0.5, 0.6) is 0 Å². The first-order valence-electron chi connectivity index (χ1n) is 8.71. The highest BCUT2D eigenvalue weighted by Gasteiger charge is 2.20. The van der Waals surface area contributed by atoms with E-state index in [0.29, 0.717) is 0 Å². The Morgan fingerprint density at radius 3 is 2.53 bits per heavy atom. The van der Waals surface area contributed by atoms with Crippen LogP contribution in [-0.4, -0.2) is 40.7 Å². The van der Waals surface area contributed by atoms with Crippen molar-refractivity contribution in [2.75, 3.05) is 16.3 Å². The Hall–Kier alpha value is -3.54. The van der Waals surface area contributed by atoms with Gasteiger partial charge >= 0.3 is 6.09 Å². The average Bonchev–Trinajstić information content (AvgIpc) is 3.03. The number of sulfonamides is 1. The van der Waals surface area contributed by atoms with Gasteiger partial charge in [0, 0.05) is 7.05 Å². The summed E-state index contributed by atoms with van der Waals surface area (Å²) in [6, 6.07) is 11.7. The molecule has 30 heavy (non-hydrogen) atoms. The Balaban J connectivity index is 1.80. The molecular formula is C18H19FN6O4S. The molecule has 0 radical (unpaired) electrons. The van der Waals surface area contributed by atoms with E-state index < -0.39 is 28.2 Å². The molecule has 1 aromatic carbocycles. The third-order valence-corrected chi connectivity index (χ3v) is 4.58. The summed E-state index contributed by atoms with van der Waals surface area (Å²) >= 11 is 0. The number of nitrogens with one attached hydrogen (secondary N) is 2. The number of aryl methyl sites for hydroxylation is 1. The summed E-state index contributed by atoms with van der Waals surface area (Å²) in [6.45, 7) is 1.72. The second-order valence-electron chi connectivity index (χ2n) is 6.40. The van der Waals surface area contributed by atoms with E-state index in [-0.39, 0.29) is 22.9 Å². The van der Waals surface area contributed by atoms with Crippen LogP contribution in [0.25, 0.3) is 11.4 Å². The molecule has 1 atom stereocenters. The summed E-state index contributed by atoms with van der Waals surface area (Å²) < 4.78 is 45.4. The fourth-order valence-corrected chi connectivity index (χ4v) is 3.14. The van der Waals surface area contributed by atoms with Crippen molar-refractivity contribution in [2.45, 2.75) is 13.0 Å². The number of halogens is 1. The van der Waals surface area contributed by atoms with Gasteiger partial charge in [-0.3, -0.25) is 10.0 Å². The number of nitrogens with zero attached hydrogens (tertiary/aromatic N) is 4. The predicted molar refractivity (Wildman–Crippen MR) is 108 cm³/mol. The van der Waals surface area contributed by atoms with E-state index in [4.69, 9.17) is 4.74 Å². The topological polar surface area (TPSA) is 128 Å². The van der Waals surface area contributed by atoms with Gasteiger partial charge in [-0.1, -0.05) is 35.5 Å². The first-order valence-corrected chi connectivity index (χ1v) is 10.6. The highest BCUT2D eigenvalue weighted by molar-refractivity contribution is 7.92. The van der Waals surface area contributed by atoms with Gasteiger partial charge in [0.25, 0.3) is 0 Å². The third kappa shape index (κ3) is 5.08.